The van der Waals surface area contributed by atoms with Gasteiger partial charge in [-0.05, 0) is 12.1 Å². The molecule has 1 aromatic heterocycles. The molecule has 0 fully saturated rings. The lowest BCUT2D eigenvalue weighted by molar-refractivity contribution is 0.259. The molecule has 0 saturated carbocycles. The summed E-state index contributed by atoms with van der Waals surface area (Å²) in [6, 6.07) is 4.40. The first-order chi connectivity index (χ1) is 8.09. The van der Waals surface area contributed by atoms with Crippen molar-refractivity contribution in [2.45, 2.75) is 0 Å². The van der Waals surface area contributed by atoms with Gasteiger partial charge in [-0.2, -0.15) is 0 Å². The number of halogens is 3. The van der Waals surface area contributed by atoms with Crippen LogP contribution in [0.25, 0.3) is 5.69 Å². The van der Waals surface area contributed by atoms with E-state index in [4.69, 9.17) is 28.9 Å². The van der Waals surface area contributed by atoms with Crippen LogP contribution in [0.4, 0.5) is 10.7 Å². The van der Waals surface area contributed by atoms with Crippen LogP contribution in [0.3, 0.4) is 0 Å². The van der Waals surface area contributed by atoms with Gasteiger partial charge in [-0.15, -0.1) is 12.4 Å². The predicted molar refractivity (Wildman–Crippen MR) is 74.0 cm³/mol. The number of hydrogen-bond acceptors (Lipinski definition) is 2. The van der Waals surface area contributed by atoms with Crippen molar-refractivity contribution >= 4 is 47.6 Å². The average molecular weight is 308 g/mol. The summed E-state index contributed by atoms with van der Waals surface area (Å²) in [6.45, 7) is 0. The van der Waals surface area contributed by atoms with E-state index in [1.165, 1.54) is 6.20 Å². The number of imidazole rings is 1. The maximum absolute atomic E-state index is 10.8. The minimum Gasteiger partial charge on any atom is -0.351 e. The molecule has 2 amide bonds. The molecule has 0 aliphatic rings. The molecular formula is C10H9Cl3N4O. The van der Waals surface area contributed by atoms with Crippen molar-refractivity contribution in [2.24, 2.45) is 5.73 Å². The van der Waals surface area contributed by atoms with E-state index in [1.807, 2.05) is 0 Å². The van der Waals surface area contributed by atoms with Gasteiger partial charge in [0.25, 0.3) is 0 Å². The van der Waals surface area contributed by atoms with Crippen molar-refractivity contribution in [1.29, 1.82) is 0 Å². The van der Waals surface area contributed by atoms with Crippen LogP contribution in [0.5, 0.6) is 0 Å². The number of carbonyl (C=O) groups is 1. The van der Waals surface area contributed by atoms with Crippen LogP contribution >= 0.6 is 35.6 Å². The van der Waals surface area contributed by atoms with Crippen molar-refractivity contribution in [3.8, 4) is 5.69 Å². The van der Waals surface area contributed by atoms with Crippen LogP contribution in [0.2, 0.25) is 10.0 Å². The van der Waals surface area contributed by atoms with Gasteiger partial charge in [-0.3, -0.25) is 9.88 Å². The highest BCUT2D eigenvalue weighted by Gasteiger charge is 2.12. The lowest BCUT2D eigenvalue weighted by Crippen LogP contribution is -2.21. The lowest BCUT2D eigenvalue weighted by Gasteiger charge is -2.10. The largest absolute Gasteiger partial charge is 0.351 e. The molecule has 8 heteroatoms. The van der Waals surface area contributed by atoms with Crippen LogP contribution in [0.1, 0.15) is 0 Å². The zero-order valence-electron chi connectivity index (χ0n) is 8.93. The zero-order valence-corrected chi connectivity index (χ0v) is 11.3. The molecule has 0 radical (unpaired) electrons. The molecule has 2 rings (SSSR count). The quantitative estimate of drug-likeness (QED) is 0.894. The summed E-state index contributed by atoms with van der Waals surface area (Å²) >= 11 is 12.1. The Morgan fingerprint density at radius 3 is 2.50 bits per heavy atom. The Kier molecular flexibility index (Phi) is 4.84. The van der Waals surface area contributed by atoms with Crippen molar-refractivity contribution in [2.75, 3.05) is 5.32 Å². The summed E-state index contributed by atoms with van der Waals surface area (Å²) in [6.07, 6.45) is 3.13. The highest BCUT2D eigenvalue weighted by Crippen LogP contribution is 2.30. The van der Waals surface area contributed by atoms with Crippen LogP contribution in [-0.4, -0.2) is 15.6 Å². The summed E-state index contributed by atoms with van der Waals surface area (Å²) < 4.78 is 1.55. The Balaban J connectivity index is 0.00000162. The van der Waals surface area contributed by atoms with Crippen molar-refractivity contribution < 1.29 is 4.79 Å². The van der Waals surface area contributed by atoms with Gasteiger partial charge in [0.2, 0.25) is 5.95 Å². The third-order valence-electron chi connectivity index (χ3n) is 2.05. The molecule has 0 unspecified atom stereocenters. The smallest absolute Gasteiger partial charge is 0.318 e. The maximum atomic E-state index is 10.8. The minimum absolute atomic E-state index is 0. The Hall–Kier alpha value is -1.43. The number of nitrogens with two attached hydrogens (primary N) is 1. The second-order valence-electron chi connectivity index (χ2n) is 3.18. The van der Waals surface area contributed by atoms with E-state index >= 15 is 0 Å². The van der Waals surface area contributed by atoms with Gasteiger partial charge in [-0.1, -0.05) is 29.3 Å². The van der Waals surface area contributed by atoms with Crippen LogP contribution in [0.15, 0.2) is 30.6 Å². The molecule has 3 N–H and O–H groups in total. The first kappa shape index (κ1) is 14.6. The van der Waals surface area contributed by atoms with Gasteiger partial charge >= 0.3 is 6.03 Å². The number of aromatic nitrogens is 2. The SMILES string of the molecule is Cl.NC(=O)Nc1nccn1-c1c(Cl)cccc1Cl. The number of primary amides is 1. The number of nitrogens with zero attached hydrogens (tertiary/aromatic N) is 2. The predicted octanol–water partition coefficient (Wildman–Crippen LogP) is 3.09. The fraction of sp³-hybridized carbons (Fsp3) is 0. The van der Waals surface area contributed by atoms with Gasteiger partial charge in [0.15, 0.2) is 0 Å². The standard InChI is InChI=1S/C10H8Cl2N4O.ClH/c11-6-2-1-3-7(12)8(6)16-5-4-14-10(16)15-9(13)17;/h1-5H,(H3,13,14,15,17);1H. The van der Waals surface area contributed by atoms with Crippen LogP contribution in [0, 0.1) is 0 Å². The molecule has 0 aliphatic heterocycles. The summed E-state index contributed by atoms with van der Waals surface area (Å²) in [5.74, 6) is 0.257. The average Bonchev–Trinajstić information content (AvgIpc) is 2.65. The molecule has 0 bridgehead atoms. The minimum atomic E-state index is -0.708. The molecule has 0 spiro atoms. The number of rotatable bonds is 2. The molecule has 96 valence electrons. The fourth-order valence-electron chi connectivity index (χ4n) is 1.41. The van der Waals surface area contributed by atoms with E-state index in [1.54, 1.807) is 29.0 Å². The van der Waals surface area contributed by atoms with Gasteiger partial charge < -0.3 is 5.73 Å². The van der Waals surface area contributed by atoms with Crippen LogP contribution < -0.4 is 11.1 Å². The fourth-order valence-corrected chi connectivity index (χ4v) is 1.99. The summed E-state index contributed by atoms with van der Waals surface area (Å²) in [4.78, 5) is 14.8. The lowest BCUT2D eigenvalue weighted by atomic mass is 10.3. The van der Waals surface area contributed by atoms with Crippen LogP contribution in [-0.2, 0) is 0 Å². The molecular weight excluding hydrogens is 298 g/mol. The van der Waals surface area contributed by atoms with E-state index in [0.717, 1.165) is 0 Å². The monoisotopic (exact) mass is 306 g/mol. The third-order valence-corrected chi connectivity index (χ3v) is 2.66. The molecule has 18 heavy (non-hydrogen) atoms. The Labute approximate surface area is 119 Å². The topological polar surface area (TPSA) is 72.9 Å². The summed E-state index contributed by atoms with van der Waals surface area (Å²) in [5.41, 5.74) is 5.58. The summed E-state index contributed by atoms with van der Waals surface area (Å²) in [7, 11) is 0. The van der Waals surface area contributed by atoms with E-state index in [0.29, 0.717) is 15.7 Å². The van der Waals surface area contributed by atoms with Crippen molar-refractivity contribution in [3.63, 3.8) is 0 Å². The Morgan fingerprint density at radius 1 is 1.33 bits per heavy atom. The molecule has 0 saturated heterocycles. The number of para-hydroxylation sites is 1. The molecule has 5 nitrogen and oxygen atoms in total. The number of nitrogens with one attached hydrogen (secondary N) is 1. The first-order valence-corrected chi connectivity index (χ1v) is 5.39. The highest BCUT2D eigenvalue weighted by molar-refractivity contribution is 6.37. The molecule has 0 aliphatic carbocycles. The molecule has 0 atom stereocenters. The second kappa shape index (κ2) is 5.95. The summed E-state index contributed by atoms with van der Waals surface area (Å²) in [5, 5.41) is 3.27. The number of anilines is 1. The first-order valence-electron chi connectivity index (χ1n) is 4.64. The Morgan fingerprint density at radius 2 is 1.94 bits per heavy atom. The zero-order chi connectivity index (χ0) is 12.4. The third kappa shape index (κ3) is 2.87. The number of hydrogen-bond donors (Lipinski definition) is 2. The normalized spacial score (nSPS) is 9.67. The molecule has 2 aromatic rings. The van der Waals surface area contributed by atoms with Crippen molar-refractivity contribution in [1.82, 2.24) is 9.55 Å². The van der Waals surface area contributed by atoms with E-state index in [9.17, 15) is 4.79 Å². The maximum Gasteiger partial charge on any atom is 0.318 e. The van der Waals surface area contributed by atoms with E-state index in [2.05, 4.69) is 10.3 Å². The molecule has 1 aromatic carbocycles. The highest BCUT2D eigenvalue weighted by atomic mass is 35.5. The van der Waals surface area contributed by atoms with Gasteiger partial charge in [0.1, 0.15) is 0 Å². The number of carbonyl (C=O) groups excluding carboxylic acids is 1. The van der Waals surface area contributed by atoms with E-state index < -0.39 is 6.03 Å². The van der Waals surface area contributed by atoms with Gasteiger partial charge in [-0.25, -0.2) is 9.78 Å². The van der Waals surface area contributed by atoms with Crippen molar-refractivity contribution in [3.05, 3.63) is 40.6 Å². The molecule has 1 heterocycles. The van der Waals surface area contributed by atoms with E-state index in [-0.39, 0.29) is 18.4 Å². The number of amides is 2. The van der Waals surface area contributed by atoms with Gasteiger partial charge in [0, 0.05) is 12.4 Å². The number of benzene rings is 1. The second-order valence-corrected chi connectivity index (χ2v) is 3.99. The number of urea groups is 1. The Bertz CT molecular complexity index is 550. The van der Waals surface area contributed by atoms with Gasteiger partial charge in [0.05, 0.1) is 15.7 Å².